The summed E-state index contributed by atoms with van der Waals surface area (Å²) in [5, 5.41) is 0.377. The van der Waals surface area contributed by atoms with Gasteiger partial charge in [-0.15, -0.1) is 0 Å². The average molecular weight is 170 g/mol. The number of nitrogens with zero attached hydrogens (tertiary/aromatic N) is 1. The van der Waals surface area contributed by atoms with Gasteiger partial charge in [-0.1, -0.05) is 13.0 Å². The van der Waals surface area contributed by atoms with Crippen LogP contribution in [0.15, 0.2) is 29.4 Å². The maximum atomic E-state index is 11.4. The van der Waals surface area contributed by atoms with E-state index in [-0.39, 0.29) is 0 Å². The van der Waals surface area contributed by atoms with Gasteiger partial charge in [-0.3, -0.25) is 0 Å². The summed E-state index contributed by atoms with van der Waals surface area (Å²) in [5.41, 5.74) is 0. The summed E-state index contributed by atoms with van der Waals surface area (Å²) in [4.78, 5) is 3.86. The van der Waals surface area contributed by atoms with Gasteiger partial charge in [0.25, 0.3) is 0 Å². The molecule has 0 saturated carbocycles. The zero-order valence-electron chi connectivity index (χ0n) is 6.28. The zero-order chi connectivity index (χ0) is 8.32. The topological polar surface area (TPSA) is 53.8 Å². The number of hydrogen-bond acceptors (Lipinski definition) is 3. The third-order valence-corrected chi connectivity index (χ3v) is 3.11. The lowest BCUT2D eigenvalue weighted by Gasteiger charge is -2.00. The van der Waals surface area contributed by atoms with E-state index in [1.165, 1.54) is 0 Å². The minimum atomic E-state index is -2.61. The van der Waals surface area contributed by atoms with Crippen molar-refractivity contribution in [3.05, 3.63) is 24.4 Å². The normalized spacial score (nSPS) is 15.7. The molecule has 0 aromatic carbocycles. The molecule has 1 N–H and O–H groups in total. The predicted molar refractivity (Wildman–Crippen MR) is 43.9 cm³/mol. The van der Waals surface area contributed by atoms with Crippen molar-refractivity contribution in [2.45, 2.75) is 11.9 Å². The van der Waals surface area contributed by atoms with Crippen molar-refractivity contribution >= 4 is 9.73 Å². The maximum Gasteiger partial charge on any atom is 0.135 e. The van der Waals surface area contributed by atoms with Crippen LogP contribution in [-0.2, 0) is 9.73 Å². The molecule has 60 valence electrons. The average Bonchev–Trinajstić information content (AvgIpc) is 2.06. The lowest BCUT2D eigenvalue weighted by molar-refractivity contribution is 0.672. The molecule has 0 spiro atoms. The Labute approximate surface area is 66.4 Å². The lowest BCUT2D eigenvalue weighted by Crippen LogP contribution is -2.03. The smallest absolute Gasteiger partial charge is 0.135 e. The van der Waals surface area contributed by atoms with E-state index >= 15 is 0 Å². The molecule has 3 nitrogen and oxygen atoms in total. The molecule has 0 radical (unpaired) electrons. The van der Waals surface area contributed by atoms with Crippen LogP contribution in [0.3, 0.4) is 0 Å². The van der Waals surface area contributed by atoms with Crippen LogP contribution in [-0.4, -0.2) is 14.9 Å². The van der Waals surface area contributed by atoms with E-state index in [9.17, 15) is 4.21 Å². The fourth-order valence-corrected chi connectivity index (χ4v) is 1.52. The highest BCUT2D eigenvalue weighted by molar-refractivity contribution is 7.92. The molecular weight excluding hydrogens is 160 g/mol. The Morgan fingerprint density at radius 1 is 1.64 bits per heavy atom. The summed E-state index contributed by atoms with van der Waals surface area (Å²) in [5.74, 6) is 0.323. The summed E-state index contributed by atoms with van der Waals surface area (Å²) in [6.45, 7) is 1.73. The number of aromatic nitrogens is 1. The third-order valence-electron chi connectivity index (χ3n) is 1.38. The highest BCUT2D eigenvalue weighted by Gasteiger charge is 2.06. The number of rotatable bonds is 2. The van der Waals surface area contributed by atoms with Crippen LogP contribution in [0.5, 0.6) is 0 Å². The monoisotopic (exact) mass is 170 g/mol. The predicted octanol–water partition coefficient (Wildman–Crippen LogP) is 1.51. The molecule has 0 amide bonds. The summed E-state index contributed by atoms with van der Waals surface area (Å²) in [6.07, 6.45) is 1.55. The molecule has 1 aromatic heterocycles. The molecule has 1 rings (SSSR count). The standard InChI is InChI=1S/C7H10N2OS/c1-2-11(8,10)7-5-3-4-6-9-7/h3-6,8H,2H2,1H3. The minimum absolute atomic E-state index is 0.323. The third kappa shape index (κ3) is 1.77. The van der Waals surface area contributed by atoms with E-state index < -0.39 is 9.73 Å². The first-order chi connectivity index (χ1) is 5.17. The van der Waals surface area contributed by atoms with Crippen molar-refractivity contribution < 1.29 is 4.21 Å². The lowest BCUT2D eigenvalue weighted by atomic mass is 10.5. The molecule has 1 unspecified atom stereocenters. The Kier molecular flexibility index (Phi) is 2.24. The Balaban J connectivity index is 3.14. The van der Waals surface area contributed by atoms with Crippen molar-refractivity contribution in [3.63, 3.8) is 0 Å². The number of nitrogens with one attached hydrogen (secondary N) is 1. The fraction of sp³-hybridized carbons (Fsp3) is 0.286. The van der Waals surface area contributed by atoms with Crippen LogP contribution < -0.4 is 0 Å². The van der Waals surface area contributed by atoms with Gasteiger partial charge in [-0.25, -0.2) is 14.0 Å². The van der Waals surface area contributed by atoms with Crippen LogP contribution in [0.25, 0.3) is 0 Å². The molecule has 0 bridgehead atoms. The summed E-state index contributed by atoms with van der Waals surface area (Å²) in [7, 11) is -2.61. The van der Waals surface area contributed by atoms with Crippen molar-refractivity contribution in [2.24, 2.45) is 0 Å². The first-order valence-electron chi connectivity index (χ1n) is 3.34. The summed E-state index contributed by atoms with van der Waals surface area (Å²) in [6, 6.07) is 5.11. The molecule has 0 aliphatic rings. The molecular formula is C7H10N2OS. The zero-order valence-corrected chi connectivity index (χ0v) is 7.10. The highest BCUT2D eigenvalue weighted by atomic mass is 32.2. The SMILES string of the molecule is CCS(=N)(=O)c1ccccn1. The molecule has 4 heteroatoms. The van der Waals surface area contributed by atoms with Gasteiger partial charge in [0.15, 0.2) is 0 Å². The van der Waals surface area contributed by atoms with Gasteiger partial charge in [-0.2, -0.15) is 0 Å². The van der Waals surface area contributed by atoms with Crippen LogP contribution in [0.1, 0.15) is 6.92 Å². The quantitative estimate of drug-likeness (QED) is 0.731. The first kappa shape index (κ1) is 8.20. The second-order valence-corrected chi connectivity index (χ2v) is 4.48. The van der Waals surface area contributed by atoms with Crippen LogP contribution in [0, 0.1) is 4.78 Å². The Morgan fingerprint density at radius 3 is 2.82 bits per heavy atom. The van der Waals surface area contributed by atoms with Crippen LogP contribution in [0.2, 0.25) is 0 Å². The van der Waals surface area contributed by atoms with Crippen LogP contribution in [0.4, 0.5) is 0 Å². The van der Waals surface area contributed by atoms with Crippen molar-refractivity contribution in [1.29, 1.82) is 4.78 Å². The Morgan fingerprint density at radius 2 is 2.36 bits per heavy atom. The fourth-order valence-electron chi connectivity index (χ4n) is 0.690. The van der Waals surface area contributed by atoms with E-state index in [2.05, 4.69) is 4.98 Å². The van der Waals surface area contributed by atoms with E-state index in [0.717, 1.165) is 0 Å². The summed E-state index contributed by atoms with van der Waals surface area (Å²) >= 11 is 0. The molecule has 1 heterocycles. The molecule has 0 aliphatic carbocycles. The summed E-state index contributed by atoms with van der Waals surface area (Å²) < 4.78 is 18.7. The molecule has 1 atom stereocenters. The van der Waals surface area contributed by atoms with Crippen molar-refractivity contribution in [2.75, 3.05) is 5.75 Å². The van der Waals surface area contributed by atoms with E-state index in [4.69, 9.17) is 4.78 Å². The molecule has 0 aliphatic heterocycles. The van der Waals surface area contributed by atoms with Crippen molar-refractivity contribution in [1.82, 2.24) is 4.98 Å². The Bertz CT molecular complexity index is 318. The van der Waals surface area contributed by atoms with Gasteiger partial charge in [0.2, 0.25) is 0 Å². The number of pyridine rings is 1. The van der Waals surface area contributed by atoms with Crippen molar-refractivity contribution in [3.8, 4) is 0 Å². The van der Waals surface area contributed by atoms with E-state index in [1.807, 2.05) is 0 Å². The molecule has 0 saturated heterocycles. The first-order valence-corrected chi connectivity index (χ1v) is 5.07. The molecule has 0 fully saturated rings. The maximum absolute atomic E-state index is 11.4. The Hall–Kier alpha value is -0.900. The largest absolute Gasteiger partial charge is 0.248 e. The van der Waals surface area contributed by atoms with Gasteiger partial charge >= 0.3 is 0 Å². The number of hydrogen-bond donors (Lipinski definition) is 1. The van der Waals surface area contributed by atoms with Gasteiger partial charge in [0.05, 0.1) is 9.73 Å². The van der Waals surface area contributed by atoms with E-state index in [1.54, 1.807) is 31.3 Å². The van der Waals surface area contributed by atoms with Gasteiger partial charge in [0, 0.05) is 11.9 Å². The molecule has 1 aromatic rings. The molecule has 11 heavy (non-hydrogen) atoms. The highest BCUT2D eigenvalue weighted by Crippen LogP contribution is 2.05. The second-order valence-electron chi connectivity index (χ2n) is 2.13. The van der Waals surface area contributed by atoms with Crippen LogP contribution >= 0.6 is 0 Å². The van der Waals surface area contributed by atoms with Gasteiger partial charge < -0.3 is 0 Å². The second kappa shape index (κ2) is 3.00. The van der Waals surface area contributed by atoms with E-state index in [0.29, 0.717) is 10.8 Å². The van der Waals surface area contributed by atoms with Gasteiger partial charge in [0.1, 0.15) is 5.03 Å². The van der Waals surface area contributed by atoms with Gasteiger partial charge in [-0.05, 0) is 12.1 Å². The minimum Gasteiger partial charge on any atom is -0.248 e.